The smallest absolute Gasteiger partial charge is 0.407 e. The molecule has 0 unspecified atom stereocenters. The van der Waals surface area contributed by atoms with Crippen LogP contribution in [0.2, 0.25) is 0 Å². The minimum Gasteiger partial charge on any atom is -0.444 e. The molecule has 2 aliphatic rings. The number of carbonyl (C=O) groups is 4. The van der Waals surface area contributed by atoms with E-state index in [1.54, 1.807) is 36.4 Å². The number of rotatable bonds is 12. The van der Waals surface area contributed by atoms with Crippen LogP contribution in [0.4, 0.5) is 16.2 Å². The van der Waals surface area contributed by atoms with Crippen molar-refractivity contribution in [1.82, 2.24) is 9.62 Å². The number of hydrogen-bond acceptors (Lipinski definition) is 8. The second-order valence-corrected chi connectivity index (χ2v) is 17.3. The number of ketones is 2. The van der Waals surface area contributed by atoms with Gasteiger partial charge in [-0.3, -0.25) is 14.4 Å². The fraction of sp³-hybridized carbons (Fsp3) is 0.450. The average Bonchev–Trinajstić information content (AvgIpc) is 3.46. The number of hydrogen-bond donors (Lipinski definition) is 3. The molecule has 1 atom stereocenters. The lowest BCUT2D eigenvalue weighted by Gasteiger charge is -2.29. The second kappa shape index (κ2) is 16.0. The molecular formula is C40H50N4O7S. The van der Waals surface area contributed by atoms with Crippen LogP contribution in [0.5, 0.6) is 0 Å². The van der Waals surface area contributed by atoms with E-state index >= 15 is 0 Å². The van der Waals surface area contributed by atoms with Gasteiger partial charge < -0.3 is 20.7 Å². The van der Waals surface area contributed by atoms with Crippen molar-refractivity contribution in [2.75, 3.05) is 37.8 Å². The maximum atomic E-state index is 13.8. The van der Waals surface area contributed by atoms with Crippen molar-refractivity contribution in [3.63, 3.8) is 0 Å². The number of alkyl carbamates (subject to hydrolysis) is 1. The molecule has 52 heavy (non-hydrogen) atoms. The lowest BCUT2D eigenvalue weighted by atomic mass is 9.77. The van der Waals surface area contributed by atoms with Gasteiger partial charge in [0.05, 0.1) is 11.4 Å². The van der Waals surface area contributed by atoms with Gasteiger partial charge in [0, 0.05) is 55.8 Å². The fourth-order valence-corrected chi connectivity index (χ4v) is 7.85. The Kier molecular flexibility index (Phi) is 11.9. The Morgan fingerprint density at radius 2 is 1.62 bits per heavy atom. The number of nitrogens with one attached hydrogen (secondary N) is 3. The predicted molar refractivity (Wildman–Crippen MR) is 202 cm³/mol. The third-order valence-electron chi connectivity index (χ3n) is 9.80. The first-order valence-corrected chi connectivity index (χ1v) is 19.3. The molecule has 12 heteroatoms. The van der Waals surface area contributed by atoms with E-state index in [1.165, 1.54) is 18.4 Å². The van der Waals surface area contributed by atoms with E-state index in [1.807, 2.05) is 52.0 Å². The van der Waals surface area contributed by atoms with Gasteiger partial charge in [0.15, 0.2) is 5.78 Å². The number of carbonyl (C=O) groups excluding carboxylic acids is 4. The zero-order chi connectivity index (χ0) is 37.8. The zero-order valence-electron chi connectivity index (χ0n) is 30.9. The van der Waals surface area contributed by atoms with Crippen molar-refractivity contribution >= 4 is 45.0 Å². The summed E-state index contributed by atoms with van der Waals surface area (Å²) in [6.45, 7) is 8.06. The van der Waals surface area contributed by atoms with Gasteiger partial charge in [-0.2, -0.15) is 0 Å². The first-order valence-electron chi connectivity index (χ1n) is 17.8. The average molecular weight is 731 g/mol. The molecule has 0 bridgehead atoms. The third kappa shape index (κ3) is 9.65. The minimum atomic E-state index is -3.56. The van der Waals surface area contributed by atoms with E-state index in [4.69, 9.17) is 4.74 Å². The van der Waals surface area contributed by atoms with Crippen LogP contribution >= 0.6 is 0 Å². The van der Waals surface area contributed by atoms with Crippen LogP contribution in [0.1, 0.15) is 74.4 Å². The van der Waals surface area contributed by atoms with Gasteiger partial charge in [-0.1, -0.05) is 30.3 Å². The SMILES string of the molecule is Cc1cc(S(=O)(=O)N(C)C)ccc1-c1ccc(C[C@H](CC(=O)C2CCC(CNC(=O)OC(C)(C)C)CC2)C(=O)Nc2ccc3c(c2)NCC3=O)cc1. The highest BCUT2D eigenvalue weighted by molar-refractivity contribution is 7.89. The molecule has 1 heterocycles. The molecule has 0 spiro atoms. The summed E-state index contributed by atoms with van der Waals surface area (Å²) < 4.78 is 31.8. The normalized spacial score (nSPS) is 17.9. The van der Waals surface area contributed by atoms with Crippen LogP contribution < -0.4 is 16.0 Å². The van der Waals surface area contributed by atoms with E-state index in [0.29, 0.717) is 42.7 Å². The second-order valence-electron chi connectivity index (χ2n) is 15.2. The Labute approximate surface area is 306 Å². The van der Waals surface area contributed by atoms with Crippen LogP contribution in [0.15, 0.2) is 65.6 Å². The Hall–Kier alpha value is -4.55. The van der Waals surface area contributed by atoms with E-state index in [9.17, 15) is 27.6 Å². The molecule has 5 rings (SSSR count). The summed E-state index contributed by atoms with van der Waals surface area (Å²) in [5, 5.41) is 8.90. The number of fused-ring (bicyclic) bond motifs is 1. The van der Waals surface area contributed by atoms with Crippen LogP contribution in [-0.2, 0) is 30.8 Å². The van der Waals surface area contributed by atoms with Crippen molar-refractivity contribution in [2.24, 2.45) is 17.8 Å². The van der Waals surface area contributed by atoms with Crippen LogP contribution in [0.25, 0.3) is 11.1 Å². The molecule has 3 N–H and O–H groups in total. The topological polar surface area (TPSA) is 151 Å². The quantitative estimate of drug-likeness (QED) is 0.189. The van der Waals surface area contributed by atoms with E-state index in [2.05, 4.69) is 16.0 Å². The van der Waals surface area contributed by atoms with Crippen molar-refractivity contribution in [2.45, 2.75) is 76.7 Å². The van der Waals surface area contributed by atoms with Crippen molar-refractivity contribution in [3.05, 3.63) is 77.4 Å². The van der Waals surface area contributed by atoms with Gasteiger partial charge in [-0.05, 0) is 118 Å². The summed E-state index contributed by atoms with van der Waals surface area (Å²) in [5.41, 5.74) is 4.75. The molecule has 11 nitrogen and oxygen atoms in total. The van der Waals surface area contributed by atoms with Gasteiger partial charge >= 0.3 is 6.09 Å². The maximum absolute atomic E-state index is 13.8. The zero-order valence-corrected chi connectivity index (χ0v) is 31.7. The first kappa shape index (κ1) is 38.7. The van der Waals surface area contributed by atoms with E-state index in [0.717, 1.165) is 35.1 Å². The summed E-state index contributed by atoms with van der Waals surface area (Å²) in [6, 6.07) is 18.0. The van der Waals surface area contributed by atoms with E-state index in [-0.39, 0.29) is 47.2 Å². The molecule has 0 saturated heterocycles. The van der Waals surface area contributed by atoms with E-state index < -0.39 is 27.6 Å². The standard InChI is InChI=1S/C40H50N4O7S/c1-25-19-32(52(49,50)44(5)6)16-18-33(25)28-11-7-26(8-12-28)20-30(38(47)43-31-15-17-34-35(22-31)41-24-37(34)46)21-36(45)29-13-9-27(10-14-29)23-42-39(48)51-40(2,3)4/h7-8,11-12,15-19,22,27,29-30,41H,9-10,13-14,20-21,23-24H2,1-6H3,(H,42,48)(H,43,47)/t27?,29?,30-/m1/s1. The molecule has 3 aromatic carbocycles. The number of benzene rings is 3. The fourth-order valence-electron chi connectivity index (χ4n) is 6.86. The van der Waals surface area contributed by atoms with Gasteiger partial charge in [0.1, 0.15) is 11.4 Å². The maximum Gasteiger partial charge on any atom is 0.407 e. The van der Waals surface area contributed by atoms with Crippen LogP contribution in [-0.4, -0.2) is 69.1 Å². The molecular weight excluding hydrogens is 681 g/mol. The van der Waals surface area contributed by atoms with Gasteiger partial charge in [-0.15, -0.1) is 0 Å². The lowest BCUT2D eigenvalue weighted by molar-refractivity contribution is -0.129. The number of aryl methyl sites for hydroxylation is 1. The molecule has 1 aliphatic heterocycles. The number of amides is 2. The summed E-state index contributed by atoms with van der Waals surface area (Å²) in [7, 11) is -0.552. The monoisotopic (exact) mass is 730 g/mol. The lowest BCUT2D eigenvalue weighted by Crippen LogP contribution is -2.37. The Morgan fingerprint density at radius 3 is 2.25 bits per heavy atom. The van der Waals surface area contributed by atoms with Crippen LogP contribution in [0, 0.1) is 24.7 Å². The highest BCUT2D eigenvalue weighted by Crippen LogP contribution is 2.33. The highest BCUT2D eigenvalue weighted by atomic mass is 32.2. The highest BCUT2D eigenvalue weighted by Gasteiger charge is 2.31. The minimum absolute atomic E-state index is 0.000118. The molecule has 3 aromatic rings. The summed E-state index contributed by atoms with van der Waals surface area (Å²) in [5.74, 6) is -0.755. The summed E-state index contributed by atoms with van der Waals surface area (Å²) >= 11 is 0. The van der Waals surface area contributed by atoms with Crippen molar-refractivity contribution in [1.29, 1.82) is 0 Å². The number of ether oxygens (including phenoxy) is 1. The predicted octanol–water partition coefficient (Wildman–Crippen LogP) is 6.61. The number of Topliss-reactive ketones (excluding diaryl/α,β-unsaturated/α-hetero) is 2. The number of sulfonamides is 1. The van der Waals surface area contributed by atoms with Crippen LogP contribution in [0.3, 0.4) is 0 Å². The molecule has 278 valence electrons. The molecule has 2 amide bonds. The van der Waals surface area contributed by atoms with Crippen molar-refractivity contribution in [3.8, 4) is 11.1 Å². The number of nitrogens with zero attached hydrogens (tertiary/aromatic N) is 1. The number of anilines is 2. The largest absolute Gasteiger partial charge is 0.444 e. The summed E-state index contributed by atoms with van der Waals surface area (Å²) in [6.07, 6.45) is 2.97. The molecule has 1 fully saturated rings. The first-order chi connectivity index (χ1) is 24.5. The Balaban J connectivity index is 1.27. The van der Waals surface area contributed by atoms with Gasteiger partial charge in [0.25, 0.3) is 0 Å². The van der Waals surface area contributed by atoms with Gasteiger partial charge in [-0.25, -0.2) is 17.5 Å². The molecule has 0 radical (unpaired) electrons. The molecule has 1 saturated carbocycles. The molecule has 1 aliphatic carbocycles. The van der Waals surface area contributed by atoms with Gasteiger partial charge in [0.2, 0.25) is 15.9 Å². The summed E-state index contributed by atoms with van der Waals surface area (Å²) in [4.78, 5) is 52.0. The third-order valence-corrected chi connectivity index (χ3v) is 11.6. The Morgan fingerprint density at radius 1 is 0.942 bits per heavy atom. The van der Waals surface area contributed by atoms with Crippen molar-refractivity contribution < 1.29 is 32.3 Å². The Bertz CT molecular complexity index is 1930. The molecule has 0 aromatic heterocycles.